The maximum atomic E-state index is 13.1. The van der Waals surface area contributed by atoms with E-state index in [1.54, 1.807) is 0 Å². The molecule has 5 heteroatoms. The van der Waals surface area contributed by atoms with Gasteiger partial charge in [-0.05, 0) is 12.1 Å². The quantitative estimate of drug-likeness (QED) is 0.677. The van der Waals surface area contributed by atoms with Crippen LogP contribution in [0.2, 0.25) is 0 Å². The highest BCUT2D eigenvalue weighted by Gasteiger charge is 2.14. The van der Waals surface area contributed by atoms with Gasteiger partial charge in [0.05, 0.1) is 5.56 Å². The molecule has 2 aromatic rings. The summed E-state index contributed by atoms with van der Waals surface area (Å²) in [6, 6.07) is 3.54. The van der Waals surface area contributed by atoms with E-state index in [9.17, 15) is 8.78 Å². The first-order chi connectivity index (χ1) is 6.29. The molecule has 1 aromatic heterocycles. The number of hydrogen-bond acceptors (Lipinski definition) is 3. The molecule has 0 bridgehead atoms. The first-order valence-corrected chi connectivity index (χ1v) is 3.50. The van der Waals surface area contributed by atoms with Gasteiger partial charge in [-0.1, -0.05) is 11.2 Å². The summed E-state index contributed by atoms with van der Waals surface area (Å²) in [5, 5.41) is 3.34. The van der Waals surface area contributed by atoms with E-state index in [1.807, 2.05) is 0 Å². The summed E-state index contributed by atoms with van der Waals surface area (Å²) in [5.74, 6) is -1.50. The van der Waals surface area contributed by atoms with Crippen LogP contribution in [0.5, 0.6) is 0 Å². The van der Waals surface area contributed by atoms with E-state index >= 15 is 0 Å². The molecule has 0 saturated carbocycles. The van der Waals surface area contributed by atoms with Crippen molar-refractivity contribution in [1.82, 2.24) is 10.1 Å². The lowest BCUT2D eigenvalue weighted by Gasteiger charge is -1.97. The third kappa shape index (κ3) is 1.28. The average molecular weight is 182 g/mol. The standard InChI is InChI=1S/C8H4F2N2O/c9-5-2-1-3-6(10)7(5)8-11-4-13-12-8/h1-4H. The van der Waals surface area contributed by atoms with Gasteiger partial charge < -0.3 is 4.52 Å². The van der Waals surface area contributed by atoms with Crippen molar-refractivity contribution in [2.75, 3.05) is 0 Å². The van der Waals surface area contributed by atoms with Crippen molar-refractivity contribution in [2.24, 2.45) is 0 Å². The lowest BCUT2D eigenvalue weighted by atomic mass is 10.2. The van der Waals surface area contributed by atoms with Crippen molar-refractivity contribution >= 4 is 0 Å². The summed E-state index contributed by atoms with van der Waals surface area (Å²) in [5.41, 5.74) is -0.267. The van der Waals surface area contributed by atoms with Gasteiger partial charge >= 0.3 is 0 Å². The number of aromatic nitrogens is 2. The van der Waals surface area contributed by atoms with Crippen molar-refractivity contribution in [2.45, 2.75) is 0 Å². The summed E-state index contributed by atoms with van der Waals surface area (Å²) in [4.78, 5) is 3.55. The zero-order chi connectivity index (χ0) is 9.26. The zero-order valence-corrected chi connectivity index (χ0v) is 6.37. The molecule has 0 aliphatic carbocycles. The Balaban J connectivity index is 2.64. The molecule has 0 aliphatic heterocycles. The summed E-state index contributed by atoms with van der Waals surface area (Å²) < 4.78 is 30.5. The van der Waals surface area contributed by atoms with Gasteiger partial charge in [-0.25, -0.2) is 8.78 Å². The van der Waals surface area contributed by atoms with Crippen LogP contribution in [0.4, 0.5) is 8.78 Å². The van der Waals surface area contributed by atoms with Crippen molar-refractivity contribution in [3.63, 3.8) is 0 Å². The van der Waals surface area contributed by atoms with Crippen LogP contribution in [0.3, 0.4) is 0 Å². The van der Waals surface area contributed by atoms with E-state index in [1.165, 1.54) is 6.07 Å². The predicted molar refractivity (Wildman–Crippen MR) is 39.7 cm³/mol. The molecule has 1 heterocycles. The van der Waals surface area contributed by atoms with Gasteiger partial charge in [0, 0.05) is 0 Å². The van der Waals surface area contributed by atoms with E-state index in [0.29, 0.717) is 0 Å². The molecule has 0 spiro atoms. The van der Waals surface area contributed by atoms with Crippen molar-refractivity contribution in [3.8, 4) is 11.4 Å². The number of nitrogens with zero attached hydrogens (tertiary/aromatic N) is 2. The number of benzene rings is 1. The van der Waals surface area contributed by atoms with Crippen LogP contribution in [0.1, 0.15) is 0 Å². The normalized spacial score (nSPS) is 10.3. The maximum Gasteiger partial charge on any atom is 0.214 e. The molecule has 0 atom stereocenters. The lowest BCUT2D eigenvalue weighted by molar-refractivity contribution is 0.418. The Hall–Kier alpha value is -1.78. The van der Waals surface area contributed by atoms with Crippen molar-refractivity contribution in [1.29, 1.82) is 0 Å². The number of rotatable bonds is 1. The minimum atomic E-state index is -0.707. The van der Waals surface area contributed by atoms with Gasteiger partial charge in [-0.15, -0.1) is 0 Å². The fraction of sp³-hybridized carbons (Fsp3) is 0. The Morgan fingerprint density at radius 3 is 2.38 bits per heavy atom. The zero-order valence-electron chi connectivity index (χ0n) is 6.37. The fourth-order valence-corrected chi connectivity index (χ4v) is 0.992. The highest BCUT2D eigenvalue weighted by atomic mass is 19.1. The predicted octanol–water partition coefficient (Wildman–Crippen LogP) is 2.01. The Morgan fingerprint density at radius 2 is 1.85 bits per heavy atom. The highest BCUT2D eigenvalue weighted by molar-refractivity contribution is 5.55. The van der Waals surface area contributed by atoms with E-state index in [-0.39, 0.29) is 11.4 Å². The molecule has 13 heavy (non-hydrogen) atoms. The third-order valence-electron chi connectivity index (χ3n) is 1.55. The lowest BCUT2D eigenvalue weighted by Crippen LogP contribution is -1.90. The Bertz CT molecular complexity index is 394. The van der Waals surface area contributed by atoms with E-state index in [4.69, 9.17) is 0 Å². The first kappa shape index (κ1) is 7.85. The summed E-state index contributed by atoms with van der Waals surface area (Å²) in [7, 11) is 0. The van der Waals surface area contributed by atoms with E-state index < -0.39 is 11.6 Å². The second-order valence-electron chi connectivity index (χ2n) is 2.35. The minimum Gasteiger partial charge on any atom is -0.342 e. The molecule has 0 saturated heterocycles. The van der Waals surface area contributed by atoms with E-state index in [0.717, 1.165) is 18.5 Å². The van der Waals surface area contributed by atoms with Crippen LogP contribution in [-0.2, 0) is 0 Å². The Kier molecular flexibility index (Phi) is 1.77. The molecule has 0 radical (unpaired) electrons. The third-order valence-corrected chi connectivity index (χ3v) is 1.55. The number of hydrogen-bond donors (Lipinski definition) is 0. The maximum absolute atomic E-state index is 13.1. The summed E-state index contributed by atoms with van der Waals surface area (Å²) in [6.45, 7) is 0. The first-order valence-electron chi connectivity index (χ1n) is 3.50. The average Bonchev–Trinajstić information content (AvgIpc) is 2.57. The van der Waals surface area contributed by atoms with Gasteiger partial charge in [0.25, 0.3) is 0 Å². The van der Waals surface area contributed by atoms with Crippen LogP contribution in [0, 0.1) is 11.6 Å². The smallest absolute Gasteiger partial charge is 0.214 e. The van der Waals surface area contributed by atoms with Crippen LogP contribution in [0.15, 0.2) is 29.1 Å². The van der Waals surface area contributed by atoms with Crippen molar-refractivity contribution < 1.29 is 13.3 Å². The molecule has 2 rings (SSSR count). The topological polar surface area (TPSA) is 38.9 Å². The number of halogens is 2. The molecular weight excluding hydrogens is 178 g/mol. The highest BCUT2D eigenvalue weighted by Crippen LogP contribution is 2.21. The van der Waals surface area contributed by atoms with Gasteiger partial charge in [0.2, 0.25) is 12.2 Å². The molecule has 0 fully saturated rings. The molecular formula is C8H4F2N2O. The van der Waals surface area contributed by atoms with Gasteiger partial charge in [-0.3, -0.25) is 0 Å². The molecule has 1 aromatic carbocycles. The van der Waals surface area contributed by atoms with Crippen LogP contribution < -0.4 is 0 Å². The SMILES string of the molecule is Fc1cccc(F)c1-c1ncon1. The van der Waals surface area contributed by atoms with Crippen LogP contribution in [0.25, 0.3) is 11.4 Å². The molecule has 0 N–H and O–H groups in total. The minimum absolute atomic E-state index is 0.0874. The fourth-order valence-electron chi connectivity index (χ4n) is 0.992. The molecule has 66 valence electrons. The van der Waals surface area contributed by atoms with Gasteiger partial charge in [0.1, 0.15) is 11.6 Å². The summed E-state index contributed by atoms with van der Waals surface area (Å²) in [6.07, 6.45) is 1.02. The molecule has 0 amide bonds. The second kappa shape index (κ2) is 2.93. The van der Waals surface area contributed by atoms with E-state index in [2.05, 4.69) is 14.7 Å². The summed E-state index contributed by atoms with van der Waals surface area (Å²) >= 11 is 0. The molecule has 3 nitrogen and oxygen atoms in total. The molecule has 0 aliphatic rings. The van der Waals surface area contributed by atoms with Crippen LogP contribution >= 0.6 is 0 Å². The largest absolute Gasteiger partial charge is 0.342 e. The Morgan fingerprint density at radius 1 is 1.15 bits per heavy atom. The van der Waals surface area contributed by atoms with Crippen molar-refractivity contribution in [3.05, 3.63) is 36.2 Å². The van der Waals surface area contributed by atoms with Gasteiger partial charge in [0.15, 0.2) is 0 Å². The molecule has 0 unspecified atom stereocenters. The van der Waals surface area contributed by atoms with Crippen LogP contribution in [-0.4, -0.2) is 10.1 Å². The monoisotopic (exact) mass is 182 g/mol. The van der Waals surface area contributed by atoms with Gasteiger partial charge in [-0.2, -0.15) is 4.98 Å². The Labute approximate surface area is 72.0 Å². The second-order valence-corrected chi connectivity index (χ2v) is 2.35.